The normalized spacial score (nSPS) is 11.3. The van der Waals surface area contributed by atoms with Crippen LogP contribution in [0.5, 0.6) is 0 Å². The molecule has 0 aliphatic carbocycles. The summed E-state index contributed by atoms with van der Waals surface area (Å²) < 4.78 is 4.50. The number of benzene rings is 1. The smallest absolute Gasteiger partial charge is 0.336 e. The van der Waals surface area contributed by atoms with E-state index in [1.807, 2.05) is 0 Å². The van der Waals surface area contributed by atoms with E-state index < -0.39 is 11.9 Å². The van der Waals surface area contributed by atoms with E-state index in [4.69, 9.17) is 20.4 Å². The fourth-order valence-electron chi connectivity index (χ4n) is 0.856. The number of ether oxygens (including phenoxy) is 1. The molecule has 1 aromatic carbocycles. The molecule has 0 amide bonds. The summed E-state index contributed by atoms with van der Waals surface area (Å²) in [4.78, 5) is 20.9. The summed E-state index contributed by atoms with van der Waals surface area (Å²) in [6.45, 7) is 1.75. The highest BCUT2D eigenvalue weighted by Crippen LogP contribution is 2.07. The van der Waals surface area contributed by atoms with Crippen molar-refractivity contribution in [1.29, 1.82) is 0 Å². The molecule has 0 saturated carbocycles. The Morgan fingerprint density at radius 2 is 1.26 bits per heavy atom. The van der Waals surface area contributed by atoms with Gasteiger partial charge in [0, 0.05) is 0 Å². The number of epoxide rings is 1. The molecule has 0 spiro atoms. The second-order valence-corrected chi connectivity index (χ2v) is 3.22. The lowest BCUT2D eigenvalue weighted by atomic mass is 10.1. The van der Waals surface area contributed by atoms with Crippen LogP contribution in [0.15, 0.2) is 24.3 Å². The van der Waals surface area contributed by atoms with Crippen LogP contribution >= 0.6 is 0 Å². The molecule has 4 N–H and O–H groups in total. The van der Waals surface area contributed by atoms with Gasteiger partial charge >= 0.3 is 11.9 Å². The van der Waals surface area contributed by atoms with Crippen molar-refractivity contribution < 1.29 is 34.8 Å². The Morgan fingerprint density at radius 3 is 1.42 bits per heavy atom. The quantitative estimate of drug-likeness (QED) is 0.573. The second-order valence-electron chi connectivity index (χ2n) is 3.22. The zero-order valence-corrected chi connectivity index (χ0v) is 10.2. The number of aliphatic hydroxyl groups excluding tert-OH is 2. The highest BCUT2D eigenvalue weighted by atomic mass is 16.6. The maximum Gasteiger partial charge on any atom is 0.336 e. The molecule has 1 saturated heterocycles. The average molecular weight is 272 g/mol. The van der Waals surface area contributed by atoms with Gasteiger partial charge in [-0.3, -0.25) is 0 Å². The second kappa shape index (κ2) is 10.0. The molecule has 7 nitrogen and oxygen atoms in total. The summed E-state index contributed by atoms with van der Waals surface area (Å²) in [6, 6.07) is 5.48. The number of hydrogen-bond acceptors (Lipinski definition) is 5. The van der Waals surface area contributed by atoms with Gasteiger partial charge in [-0.25, -0.2) is 9.59 Å². The molecule has 1 aliphatic rings. The summed E-state index contributed by atoms with van der Waals surface area (Å²) in [5, 5.41) is 32.4. The Hall–Kier alpha value is -1.96. The van der Waals surface area contributed by atoms with E-state index in [0.717, 1.165) is 13.2 Å². The molecule has 0 aromatic heterocycles. The van der Waals surface area contributed by atoms with E-state index in [0.29, 0.717) is 0 Å². The number of rotatable bonds is 3. The van der Waals surface area contributed by atoms with Crippen molar-refractivity contribution in [2.24, 2.45) is 0 Å². The number of carboxylic acids is 2. The van der Waals surface area contributed by atoms with Gasteiger partial charge in [-0.15, -0.1) is 0 Å². The fourth-order valence-corrected chi connectivity index (χ4v) is 0.856. The summed E-state index contributed by atoms with van der Waals surface area (Å²) in [5.41, 5.74) is -0.380. The Balaban J connectivity index is 0.000000378. The van der Waals surface area contributed by atoms with Crippen molar-refractivity contribution in [3.63, 3.8) is 0 Å². The Morgan fingerprint density at radius 1 is 0.947 bits per heavy atom. The standard InChI is InChI=1S/C8H6O4.C2H6O2.C2H4O/c9-7(10)5-3-1-2-4-6(5)8(11)12;3-1-2-4;1-2-3-1/h1-4H,(H,9,10)(H,11,12);3-4H,1-2H2;1-2H2. The summed E-state index contributed by atoms with van der Waals surface area (Å²) in [7, 11) is 0. The molecule has 1 fully saturated rings. The number of aliphatic hydroxyl groups is 2. The molecular weight excluding hydrogens is 256 g/mol. The average Bonchev–Trinajstić information content (AvgIpc) is 3.27. The highest BCUT2D eigenvalue weighted by Gasteiger charge is 2.13. The molecule has 2 rings (SSSR count). The zero-order valence-electron chi connectivity index (χ0n) is 10.2. The minimum absolute atomic E-state index is 0.125. The molecular formula is C12H16O7. The van der Waals surface area contributed by atoms with E-state index in [1.165, 1.54) is 24.3 Å². The lowest BCUT2D eigenvalue weighted by Crippen LogP contribution is -2.06. The first-order valence-electron chi connectivity index (χ1n) is 5.39. The molecule has 1 aromatic rings. The van der Waals surface area contributed by atoms with Crippen molar-refractivity contribution >= 4 is 11.9 Å². The first kappa shape index (κ1) is 17.0. The first-order chi connectivity index (χ1) is 9.04. The SMILES string of the molecule is C1CO1.O=C(O)c1ccccc1C(=O)O.OCCO. The van der Waals surface area contributed by atoms with E-state index >= 15 is 0 Å². The van der Waals surface area contributed by atoms with Crippen LogP contribution < -0.4 is 0 Å². The van der Waals surface area contributed by atoms with Gasteiger partial charge in [0.25, 0.3) is 0 Å². The largest absolute Gasteiger partial charge is 0.478 e. The first-order valence-corrected chi connectivity index (χ1v) is 5.39. The summed E-state index contributed by atoms with van der Waals surface area (Å²) >= 11 is 0. The number of hydrogen-bond donors (Lipinski definition) is 4. The third-order valence-corrected chi connectivity index (χ3v) is 1.69. The number of aromatic carboxylic acids is 2. The molecule has 19 heavy (non-hydrogen) atoms. The minimum Gasteiger partial charge on any atom is -0.478 e. The molecule has 7 heteroatoms. The topological polar surface area (TPSA) is 128 Å². The van der Waals surface area contributed by atoms with Crippen LogP contribution in [-0.4, -0.2) is 58.8 Å². The van der Waals surface area contributed by atoms with Crippen LogP contribution in [0.2, 0.25) is 0 Å². The van der Waals surface area contributed by atoms with Gasteiger partial charge in [-0.05, 0) is 12.1 Å². The monoisotopic (exact) mass is 272 g/mol. The van der Waals surface area contributed by atoms with Crippen molar-refractivity contribution in [3.8, 4) is 0 Å². The van der Waals surface area contributed by atoms with Crippen LogP contribution in [-0.2, 0) is 4.74 Å². The van der Waals surface area contributed by atoms with Gasteiger partial charge in [-0.1, -0.05) is 12.1 Å². The van der Waals surface area contributed by atoms with Crippen molar-refractivity contribution in [2.75, 3.05) is 26.4 Å². The van der Waals surface area contributed by atoms with Gasteiger partial charge in [0.1, 0.15) is 0 Å². The predicted octanol–water partition coefficient (Wildman–Crippen LogP) is 0.0706. The van der Waals surface area contributed by atoms with Crippen LogP contribution in [0.1, 0.15) is 20.7 Å². The van der Waals surface area contributed by atoms with E-state index in [-0.39, 0.29) is 24.3 Å². The van der Waals surface area contributed by atoms with Crippen LogP contribution in [0.25, 0.3) is 0 Å². The van der Waals surface area contributed by atoms with Gasteiger partial charge in [0.15, 0.2) is 0 Å². The van der Waals surface area contributed by atoms with Gasteiger partial charge in [-0.2, -0.15) is 0 Å². The van der Waals surface area contributed by atoms with Gasteiger partial charge < -0.3 is 25.2 Å². The van der Waals surface area contributed by atoms with Crippen molar-refractivity contribution in [2.45, 2.75) is 0 Å². The maximum absolute atomic E-state index is 10.5. The Bertz CT molecular complexity index is 363. The lowest BCUT2D eigenvalue weighted by molar-refractivity contribution is 0.0651. The van der Waals surface area contributed by atoms with E-state index in [2.05, 4.69) is 4.74 Å². The van der Waals surface area contributed by atoms with Crippen LogP contribution in [0, 0.1) is 0 Å². The lowest BCUT2D eigenvalue weighted by Gasteiger charge is -1.98. The van der Waals surface area contributed by atoms with E-state index in [9.17, 15) is 9.59 Å². The van der Waals surface area contributed by atoms with Crippen molar-refractivity contribution in [3.05, 3.63) is 35.4 Å². The molecule has 0 unspecified atom stereocenters. The Labute approximate surface area is 109 Å². The van der Waals surface area contributed by atoms with Crippen LogP contribution in [0.3, 0.4) is 0 Å². The Kier molecular flexibility index (Phi) is 8.98. The molecule has 106 valence electrons. The van der Waals surface area contributed by atoms with Gasteiger partial charge in [0.05, 0.1) is 37.6 Å². The summed E-state index contributed by atoms with van der Waals surface area (Å²) in [6.07, 6.45) is 0. The molecule has 1 heterocycles. The summed E-state index contributed by atoms with van der Waals surface area (Å²) in [5.74, 6) is -2.46. The highest BCUT2D eigenvalue weighted by molar-refractivity contribution is 6.01. The number of carbonyl (C=O) groups is 2. The molecule has 0 atom stereocenters. The number of carboxylic acid groups (broad SMARTS) is 2. The third kappa shape index (κ3) is 8.72. The zero-order chi connectivity index (χ0) is 14.7. The maximum atomic E-state index is 10.5. The van der Waals surface area contributed by atoms with Gasteiger partial charge in [0.2, 0.25) is 0 Å². The van der Waals surface area contributed by atoms with E-state index in [1.54, 1.807) is 0 Å². The van der Waals surface area contributed by atoms with Crippen LogP contribution in [0.4, 0.5) is 0 Å². The van der Waals surface area contributed by atoms with Crippen molar-refractivity contribution in [1.82, 2.24) is 0 Å². The fraction of sp³-hybridized carbons (Fsp3) is 0.333. The molecule has 0 radical (unpaired) electrons. The predicted molar refractivity (Wildman–Crippen MR) is 65.4 cm³/mol. The third-order valence-electron chi connectivity index (χ3n) is 1.69. The molecule has 1 aliphatic heterocycles. The minimum atomic E-state index is -1.23. The molecule has 0 bridgehead atoms.